The average Bonchev–Trinajstić information content (AvgIpc) is 2.81. The molecule has 5 nitrogen and oxygen atoms in total. The molecule has 0 aliphatic carbocycles. The number of benzene rings is 2. The molecule has 1 heterocycles. The highest BCUT2D eigenvalue weighted by Gasteiger charge is 2.40. The summed E-state index contributed by atoms with van der Waals surface area (Å²) in [5.41, 5.74) is -5.03. The van der Waals surface area contributed by atoms with Gasteiger partial charge in [-0.2, -0.15) is 39.5 Å². The van der Waals surface area contributed by atoms with E-state index in [4.69, 9.17) is 4.74 Å². The van der Waals surface area contributed by atoms with Crippen molar-refractivity contribution in [2.45, 2.75) is 69.7 Å². The van der Waals surface area contributed by atoms with Crippen LogP contribution in [0.4, 0.5) is 50.0 Å². The molecule has 3 unspecified atom stereocenters. The van der Waals surface area contributed by atoms with E-state index >= 15 is 0 Å². The smallest absolute Gasteiger partial charge is 0.416 e. The zero-order valence-electron chi connectivity index (χ0n) is 20.3. The summed E-state index contributed by atoms with van der Waals surface area (Å²) >= 11 is 0. The lowest BCUT2D eigenvalue weighted by Crippen LogP contribution is -2.44. The second kappa shape index (κ2) is 10.6. The standard InChI is InChI=1S/C25H22F9NO4/c1-3-18-8-14(19-11-15(23(26,27)28)4-5-20(19)35(18)22(37)38)9-21(36)39-12(2)13-6-16(24(29,30)31)10-17(7-13)25(32,33)34/h4-7,10-12,14,18H,3,8-9H2,1-2H3,(H,37,38). The van der Waals surface area contributed by atoms with Gasteiger partial charge in [-0.05, 0) is 73.2 Å². The molecule has 0 bridgehead atoms. The van der Waals surface area contributed by atoms with E-state index < -0.39 is 77.3 Å². The van der Waals surface area contributed by atoms with E-state index in [0.29, 0.717) is 18.2 Å². The first kappa shape index (κ1) is 30.1. The number of carboxylic acid groups (broad SMARTS) is 1. The van der Waals surface area contributed by atoms with Crippen molar-refractivity contribution in [3.8, 4) is 0 Å². The summed E-state index contributed by atoms with van der Waals surface area (Å²) in [5, 5.41) is 9.64. The summed E-state index contributed by atoms with van der Waals surface area (Å²) < 4.78 is 124. The molecule has 3 rings (SSSR count). The van der Waals surface area contributed by atoms with Gasteiger partial charge in [0, 0.05) is 6.04 Å². The monoisotopic (exact) mass is 571 g/mol. The SMILES string of the molecule is CCC1CC(CC(=O)OC(C)c2cc(C(F)(F)F)cc(C(F)(F)F)c2)c2cc(C(F)(F)F)ccc2N1C(=O)O. The van der Waals surface area contributed by atoms with Crippen LogP contribution in [0.3, 0.4) is 0 Å². The summed E-state index contributed by atoms with van der Waals surface area (Å²) in [5.74, 6) is -2.06. The van der Waals surface area contributed by atoms with Crippen LogP contribution in [-0.2, 0) is 28.1 Å². The first-order chi connectivity index (χ1) is 17.8. The van der Waals surface area contributed by atoms with E-state index in [1.807, 2.05) is 0 Å². The molecule has 214 valence electrons. The quantitative estimate of drug-likeness (QED) is 0.290. The Balaban J connectivity index is 1.92. The van der Waals surface area contributed by atoms with Crippen molar-refractivity contribution in [2.24, 2.45) is 0 Å². The summed E-state index contributed by atoms with van der Waals surface area (Å²) in [6, 6.07) is 2.45. The highest BCUT2D eigenvalue weighted by Crippen LogP contribution is 2.44. The second-order valence-corrected chi connectivity index (χ2v) is 9.09. The number of anilines is 1. The number of halogens is 9. The molecule has 0 spiro atoms. The largest absolute Gasteiger partial charge is 0.465 e. The lowest BCUT2D eigenvalue weighted by molar-refractivity contribution is -0.149. The van der Waals surface area contributed by atoms with Crippen molar-refractivity contribution < 1.29 is 58.9 Å². The number of rotatable bonds is 5. The van der Waals surface area contributed by atoms with Crippen molar-refractivity contribution in [1.29, 1.82) is 0 Å². The predicted octanol–water partition coefficient (Wildman–Crippen LogP) is 8.19. The Kier molecular flexibility index (Phi) is 8.19. The molecular formula is C25H22F9NO4. The number of esters is 1. The number of carbonyl (C=O) groups excluding carboxylic acids is 1. The van der Waals surface area contributed by atoms with Gasteiger partial charge in [0.15, 0.2) is 0 Å². The minimum absolute atomic E-state index is 0.0628. The lowest BCUT2D eigenvalue weighted by Gasteiger charge is -2.39. The lowest BCUT2D eigenvalue weighted by atomic mass is 9.82. The molecule has 0 saturated carbocycles. The molecule has 0 aromatic heterocycles. The molecule has 0 saturated heterocycles. The number of alkyl halides is 9. The molecule has 0 radical (unpaired) electrons. The van der Waals surface area contributed by atoms with Crippen LogP contribution in [0.15, 0.2) is 36.4 Å². The Morgan fingerprint density at radius 3 is 1.92 bits per heavy atom. The number of hydrogen-bond donors (Lipinski definition) is 1. The predicted molar refractivity (Wildman–Crippen MR) is 119 cm³/mol. The average molecular weight is 571 g/mol. The molecule has 1 aliphatic rings. The second-order valence-electron chi connectivity index (χ2n) is 9.09. The number of amides is 1. The Bertz CT molecular complexity index is 1210. The van der Waals surface area contributed by atoms with Gasteiger partial charge in [0.1, 0.15) is 6.10 Å². The summed E-state index contributed by atoms with van der Waals surface area (Å²) in [6.45, 7) is 2.70. The highest BCUT2D eigenvalue weighted by atomic mass is 19.4. The van der Waals surface area contributed by atoms with Gasteiger partial charge in [-0.1, -0.05) is 6.92 Å². The minimum atomic E-state index is -5.12. The van der Waals surface area contributed by atoms with Crippen LogP contribution in [0.5, 0.6) is 0 Å². The van der Waals surface area contributed by atoms with Gasteiger partial charge in [-0.25, -0.2) is 4.79 Å². The van der Waals surface area contributed by atoms with E-state index in [1.54, 1.807) is 6.92 Å². The molecule has 2 aromatic carbocycles. The third-order valence-electron chi connectivity index (χ3n) is 6.45. The van der Waals surface area contributed by atoms with Crippen LogP contribution >= 0.6 is 0 Å². The van der Waals surface area contributed by atoms with E-state index in [9.17, 15) is 54.2 Å². The molecule has 0 fully saturated rings. The summed E-state index contributed by atoms with van der Waals surface area (Å²) in [4.78, 5) is 25.5. The Morgan fingerprint density at radius 1 is 0.923 bits per heavy atom. The van der Waals surface area contributed by atoms with Crippen LogP contribution < -0.4 is 4.90 Å². The van der Waals surface area contributed by atoms with E-state index in [2.05, 4.69) is 0 Å². The fourth-order valence-electron chi connectivity index (χ4n) is 4.56. The zero-order chi connectivity index (χ0) is 29.5. The maximum Gasteiger partial charge on any atom is 0.416 e. The summed E-state index contributed by atoms with van der Waals surface area (Å²) in [6.07, 6.45) is -18.4. The highest BCUT2D eigenvalue weighted by molar-refractivity contribution is 5.89. The van der Waals surface area contributed by atoms with E-state index in [1.165, 1.54) is 0 Å². The van der Waals surface area contributed by atoms with Gasteiger partial charge in [0.25, 0.3) is 0 Å². The minimum Gasteiger partial charge on any atom is -0.465 e. The third kappa shape index (κ3) is 6.77. The number of carbonyl (C=O) groups is 2. The molecule has 3 atom stereocenters. The first-order valence-electron chi connectivity index (χ1n) is 11.5. The molecule has 1 aliphatic heterocycles. The van der Waals surface area contributed by atoms with Gasteiger partial charge in [-0.3, -0.25) is 9.69 Å². The van der Waals surface area contributed by atoms with Gasteiger partial charge in [-0.15, -0.1) is 0 Å². The molecule has 2 aromatic rings. The zero-order valence-corrected chi connectivity index (χ0v) is 20.3. The molecule has 39 heavy (non-hydrogen) atoms. The van der Waals surface area contributed by atoms with Crippen molar-refractivity contribution in [3.05, 3.63) is 64.2 Å². The van der Waals surface area contributed by atoms with Gasteiger partial charge >= 0.3 is 30.6 Å². The number of ether oxygens (including phenoxy) is 1. The fraction of sp³-hybridized carbons (Fsp3) is 0.440. The van der Waals surface area contributed by atoms with Crippen LogP contribution in [-0.4, -0.2) is 23.2 Å². The van der Waals surface area contributed by atoms with Gasteiger partial charge in [0.2, 0.25) is 0 Å². The first-order valence-corrected chi connectivity index (χ1v) is 11.5. The number of hydrogen-bond acceptors (Lipinski definition) is 3. The molecule has 14 heteroatoms. The summed E-state index contributed by atoms with van der Waals surface area (Å²) in [7, 11) is 0. The Morgan fingerprint density at radius 2 is 1.46 bits per heavy atom. The third-order valence-corrected chi connectivity index (χ3v) is 6.45. The number of nitrogens with zero attached hydrogens (tertiary/aromatic N) is 1. The van der Waals surface area contributed by atoms with Gasteiger partial charge < -0.3 is 9.84 Å². The Hall–Kier alpha value is -3.45. The fourth-order valence-corrected chi connectivity index (χ4v) is 4.56. The van der Waals surface area contributed by atoms with Crippen molar-refractivity contribution in [2.75, 3.05) is 4.90 Å². The molecule has 1 N–H and O–H groups in total. The van der Waals surface area contributed by atoms with Crippen molar-refractivity contribution in [3.63, 3.8) is 0 Å². The topological polar surface area (TPSA) is 66.8 Å². The Labute approximate surface area is 216 Å². The van der Waals surface area contributed by atoms with Crippen LogP contribution in [0, 0.1) is 0 Å². The van der Waals surface area contributed by atoms with Crippen LogP contribution in [0.25, 0.3) is 0 Å². The maximum atomic E-state index is 13.4. The van der Waals surface area contributed by atoms with E-state index in [-0.39, 0.29) is 30.2 Å². The van der Waals surface area contributed by atoms with E-state index in [0.717, 1.165) is 24.0 Å². The number of fused-ring (bicyclic) bond motifs is 1. The molecule has 1 amide bonds. The normalized spacial score (nSPS) is 18.9. The van der Waals surface area contributed by atoms with Crippen molar-refractivity contribution >= 4 is 17.7 Å². The van der Waals surface area contributed by atoms with Gasteiger partial charge in [0.05, 0.1) is 28.8 Å². The van der Waals surface area contributed by atoms with Crippen LogP contribution in [0.2, 0.25) is 0 Å². The molecular weight excluding hydrogens is 549 g/mol. The van der Waals surface area contributed by atoms with Crippen LogP contribution in [0.1, 0.15) is 72.9 Å². The van der Waals surface area contributed by atoms with Crippen molar-refractivity contribution in [1.82, 2.24) is 0 Å². The maximum absolute atomic E-state index is 13.4.